The minimum Gasteiger partial charge on any atom is -0.339 e. The molecule has 0 bridgehead atoms. The van der Waals surface area contributed by atoms with E-state index in [1.807, 2.05) is 47.6 Å². The molecule has 0 spiro atoms. The first-order chi connectivity index (χ1) is 12.7. The van der Waals surface area contributed by atoms with Crippen molar-refractivity contribution in [2.75, 3.05) is 13.1 Å². The highest BCUT2D eigenvalue weighted by molar-refractivity contribution is 5.92. The normalized spacial score (nSPS) is 15.8. The lowest BCUT2D eigenvalue weighted by Gasteiger charge is -2.32. The van der Waals surface area contributed by atoms with E-state index in [0.29, 0.717) is 6.04 Å². The Morgan fingerprint density at radius 1 is 1.08 bits per heavy atom. The first-order valence-corrected chi connectivity index (χ1v) is 9.16. The summed E-state index contributed by atoms with van der Waals surface area (Å²) in [6.07, 6.45) is 7.49. The van der Waals surface area contributed by atoms with Gasteiger partial charge in [-0.15, -0.1) is 0 Å². The average molecular weight is 345 g/mol. The SMILES string of the molecule is Cc1ccccc1/C=C/C(=O)N1CCC(n2cnc3ccccc32)CC1. The molecule has 0 N–H and O–H groups in total. The molecule has 0 aliphatic carbocycles. The number of hydrogen-bond donors (Lipinski definition) is 0. The molecule has 0 unspecified atom stereocenters. The molecule has 1 aliphatic heterocycles. The fraction of sp³-hybridized carbons (Fsp3) is 0.273. The molecule has 0 atom stereocenters. The Balaban J connectivity index is 1.40. The monoisotopic (exact) mass is 345 g/mol. The van der Waals surface area contributed by atoms with Crippen molar-refractivity contribution in [3.8, 4) is 0 Å². The summed E-state index contributed by atoms with van der Waals surface area (Å²) in [4.78, 5) is 18.9. The Kier molecular flexibility index (Phi) is 4.57. The number of amides is 1. The van der Waals surface area contributed by atoms with Gasteiger partial charge in [-0.1, -0.05) is 36.4 Å². The molecule has 132 valence electrons. The van der Waals surface area contributed by atoms with Gasteiger partial charge in [-0.2, -0.15) is 0 Å². The van der Waals surface area contributed by atoms with E-state index in [9.17, 15) is 4.79 Å². The van der Waals surface area contributed by atoms with Crippen molar-refractivity contribution in [1.82, 2.24) is 14.5 Å². The fourth-order valence-corrected chi connectivity index (χ4v) is 3.67. The van der Waals surface area contributed by atoms with E-state index in [0.717, 1.165) is 37.0 Å². The van der Waals surface area contributed by atoms with Gasteiger partial charge in [0, 0.05) is 25.2 Å². The molecule has 3 aromatic rings. The number of likely N-dealkylation sites (tertiary alicyclic amines) is 1. The van der Waals surface area contributed by atoms with Crippen LogP contribution >= 0.6 is 0 Å². The van der Waals surface area contributed by atoms with E-state index in [-0.39, 0.29) is 5.91 Å². The van der Waals surface area contributed by atoms with Crippen LogP contribution in [0.2, 0.25) is 0 Å². The minimum absolute atomic E-state index is 0.0993. The highest BCUT2D eigenvalue weighted by Gasteiger charge is 2.23. The van der Waals surface area contributed by atoms with Gasteiger partial charge in [0.05, 0.1) is 17.4 Å². The van der Waals surface area contributed by atoms with Gasteiger partial charge in [0.2, 0.25) is 5.91 Å². The highest BCUT2D eigenvalue weighted by Crippen LogP contribution is 2.26. The second-order valence-corrected chi connectivity index (χ2v) is 6.89. The summed E-state index contributed by atoms with van der Waals surface area (Å²) in [5.74, 6) is 0.0993. The van der Waals surface area contributed by atoms with Crippen molar-refractivity contribution in [3.05, 3.63) is 72.1 Å². The lowest BCUT2D eigenvalue weighted by atomic mass is 10.0. The van der Waals surface area contributed by atoms with Crippen LogP contribution in [0, 0.1) is 6.92 Å². The number of rotatable bonds is 3. The number of piperidine rings is 1. The van der Waals surface area contributed by atoms with E-state index >= 15 is 0 Å². The zero-order chi connectivity index (χ0) is 17.9. The number of imidazole rings is 1. The van der Waals surface area contributed by atoms with Crippen LogP contribution in [0.4, 0.5) is 0 Å². The van der Waals surface area contributed by atoms with Crippen molar-refractivity contribution in [1.29, 1.82) is 0 Å². The van der Waals surface area contributed by atoms with Crippen molar-refractivity contribution >= 4 is 23.0 Å². The molecule has 1 fully saturated rings. The number of aryl methyl sites for hydroxylation is 1. The number of carbonyl (C=O) groups excluding carboxylic acids is 1. The van der Waals surface area contributed by atoms with Crippen LogP contribution in [-0.4, -0.2) is 33.4 Å². The van der Waals surface area contributed by atoms with Crippen LogP contribution < -0.4 is 0 Å². The average Bonchev–Trinajstić information content (AvgIpc) is 3.11. The van der Waals surface area contributed by atoms with Crippen molar-refractivity contribution in [2.24, 2.45) is 0 Å². The molecule has 0 saturated carbocycles. The maximum Gasteiger partial charge on any atom is 0.246 e. The lowest BCUT2D eigenvalue weighted by Crippen LogP contribution is -2.38. The third kappa shape index (κ3) is 3.27. The molecule has 1 aromatic heterocycles. The maximum absolute atomic E-state index is 12.5. The molecule has 2 aromatic carbocycles. The predicted octanol–water partition coefficient (Wildman–Crippen LogP) is 4.22. The maximum atomic E-state index is 12.5. The highest BCUT2D eigenvalue weighted by atomic mass is 16.2. The number of fused-ring (bicyclic) bond motifs is 1. The Morgan fingerprint density at radius 3 is 2.62 bits per heavy atom. The van der Waals surface area contributed by atoms with Crippen molar-refractivity contribution in [2.45, 2.75) is 25.8 Å². The molecular formula is C22H23N3O. The predicted molar refractivity (Wildman–Crippen MR) is 105 cm³/mol. The van der Waals surface area contributed by atoms with Gasteiger partial charge >= 0.3 is 0 Å². The number of para-hydroxylation sites is 2. The van der Waals surface area contributed by atoms with E-state index in [1.165, 1.54) is 11.1 Å². The lowest BCUT2D eigenvalue weighted by molar-refractivity contribution is -0.127. The molecular weight excluding hydrogens is 322 g/mol. The van der Waals surface area contributed by atoms with Gasteiger partial charge in [0.25, 0.3) is 0 Å². The second kappa shape index (κ2) is 7.16. The van der Waals surface area contributed by atoms with E-state index in [1.54, 1.807) is 6.08 Å². The van der Waals surface area contributed by atoms with Crippen LogP contribution in [0.1, 0.15) is 30.0 Å². The van der Waals surface area contributed by atoms with Crippen molar-refractivity contribution < 1.29 is 4.79 Å². The quantitative estimate of drug-likeness (QED) is 0.667. The summed E-state index contributed by atoms with van der Waals surface area (Å²) in [5.41, 5.74) is 4.49. The van der Waals surface area contributed by atoms with Gasteiger partial charge in [-0.3, -0.25) is 4.79 Å². The van der Waals surface area contributed by atoms with Crippen LogP contribution in [0.15, 0.2) is 60.9 Å². The molecule has 4 heteroatoms. The first kappa shape index (κ1) is 16.6. The summed E-state index contributed by atoms with van der Waals surface area (Å²) in [6.45, 7) is 3.63. The van der Waals surface area contributed by atoms with Gasteiger partial charge in [-0.25, -0.2) is 4.98 Å². The van der Waals surface area contributed by atoms with Crippen LogP contribution in [0.5, 0.6) is 0 Å². The number of carbonyl (C=O) groups is 1. The Bertz CT molecular complexity index is 949. The third-order valence-electron chi connectivity index (χ3n) is 5.24. The number of nitrogens with zero attached hydrogens (tertiary/aromatic N) is 3. The largest absolute Gasteiger partial charge is 0.339 e. The molecule has 1 aliphatic rings. The Hall–Kier alpha value is -2.88. The molecule has 1 amide bonds. The molecule has 0 radical (unpaired) electrons. The van der Waals surface area contributed by atoms with E-state index in [2.05, 4.69) is 34.7 Å². The van der Waals surface area contributed by atoms with Gasteiger partial charge < -0.3 is 9.47 Å². The molecule has 4 rings (SSSR count). The summed E-state index contributed by atoms with van der Waals surface area (Å²) >= 11 is 0. The first-order valence-electron chi connectivity index (χ1n) is 9.16. The Morgan fingerprint density at radius 2 is 1.81 bits per heavy atom. The summed E-state index contributed by atoms with van der Waals surface area (Å²) in [6, 6.07) is 16.7. The zero-order valence-corrected chi connectivity index (χ0v) is 15.0. The zero-order valence-electron chi connectivity index (χ0n) is 15.0. The Labute approximate surface area is 153 Å². The van der Waals surface area contributed by atoms with Crippen LogP contribution in [0.25, 0.3) is 17.1 Å². The van der Waals surface area contributed by atoms with Crippen LogP contribution in [0.3, 0.4) is 0 Å². The fourth-order valence-electron chi connectivity index (χ4n) is 3.67. The number of aromatic nitrogens is 2. The van der Waals surface area contributed by atoms with Crippen LogP contribution in [-0.2, 0) is 4.79 Å². The summed E-state index contributed by atoms with van der Waals surface area (Å²) in [5, 5.41) is 0. The topological polar surface area (TPSA) is 38.1 Å². The van der Waals surface area contributed by atoms with Gasteiger partial charge in [0.15, 0.2) is 0 Å². The minimum atomic E-state index is 0.0993. The smallest absolute Gasteiger partial charge is 0.246 e. The third-order valence-corrected chi connectivity index (χ3v) is 5.24. The number of benzene rings is 2. The van der Waals surface area contributed by atoms with Gasteiger partial charge in [0.1, 0.15) is 0 Å². The summed E-state index contributed by atoms with van der Waals surface area (Å²) < 4.78 is 2.26. The van der Waals surface area contributed by atoms with E-state index in [4.69, 9.17) is 0 Å². The molecule has 26 heavy (non-hydrogen) atoms. The summed E-state index contributed by atoms with van der Waals surface area (Å²) in [7, 11) is 0. The second-order valence-electron chi connectivity index (χ2n) is 6.89. The molecule has 2 heterocycles. The number of hydrogen-bond acceptors (Lipinski definition) is 2. The van der Waals surface area contributed by atoms with E-state index < -0.39 is 0 Å². The van der Waals surface area contributed by atoms with Crippen molar-refractivity contribution in [3.63, 3.8) is 0 Å². The van der Waals surface area contributed by atoms with Gasteiger partial charge in [-0.05, 0) is 49.1 Å². The molecule has 1 saturated heterocycles. The molecule has 4 nitrogen and oxygen atoms in total. The standard InChI is InChI=1S/C22H23N3O/c1-17-6-2-3-7-18(17)10-11-22(26)24-14-12-19(13-15-24)25-16-23-20-8-4-5-9-21(20)25/h2-11,16,19H,12-15H2,1H3/b11-10+.